The van der Waals surface area contributed by atoms with Crippen molar-refractivity contribution < 1.29 is 14.1 Å². The van der Waals surface area contributed by atoms with Crippen LogP contribution in [0.5, 0.6) is 0 Å². The van der Waals surface area contributed by atoms with E-state index in [4.69, 9.17) is 9.26 Å². The van der Waals surface area contributed by atoms with E-state index in [1.165, 1.54) is 11.3 Å². The molecule has 0 aliphatic rings. The number of carbonyl (C=O) groups excluding carboxylic acids is 1. The van der Waals surface area contributed by atoms with E-state index >= 15 is 0 Å². The smallest absolute Gasteiger partial charge is 0.317 e. The predicted molar refractivity (Wildman–Crippen MR) is 78.1 cm³/mol. The number of nitrogens with one attached hydrogen (secondary N) is 1. The van der Waals surface area contributed by atoms with Gasteiger partial charge in [-0.2, -0.15) is 4.98 Å². The van der Waals surface area contributed by atoms with Crippen LogP contribution in [0.2, 0.25) is 0 Å². The largest absolute Gasteiger partial charge is 0.465 e. The van der Waals surface area contributed by atoms with E-state index in [9.17, 15) is 4.79 Å². The van der Waals surface area contributed by atoms with Gasteiger partial charge in [0.15, 0.2) is 11.0 Å². The van der Waals surface area contributed by atoms with Gasteiger partial charge >= 0.3 is 5.97 Å². The molecule has 0 radical (unpaired) electrons. The SMILES string of the molecule is CCOC(=O)C(C)(C)c1csc(NCc2nc(C)no2)n1. The highest BCUT2D eigenvalue weighted by molar-refractivity contribution is 7.13. The van der Waals surface area contributed by atoms with Crippen molar-refractivity contribution in [3.8, 4) is 0 Å². The van der Waals surface area contributed by atoms with Gasteiger partial charge in [0.25, 0.3) is 0 Å². The van der Waals surface area contributed by atoms with Crippen LogP contribution in [0.1, 0.15) is 38.2 Å². The first-order valence-corrected chi connectivity index (χ1v) is 7.47. The van der Waals surface area contributed by atoms with Gasteiger partial charge in [0.05, 0.1) is 18.8 Å². The Morgan fingerprint density at radius 2 is 2.24 bits per heavy atom. The van der Waals surface area contributed by atoms with Crippen molar-refractivity contribution in [3.05, 3.63) is 22.8 Å². The van der Waals surface area contributed by atoms with Crippen molar-refractivity contribution >= 4 is 22.4 Å². The fourth-order valence-electron chi connectivity index (χ4n) is 1.62. The van der Waals surface area contributed by atoms with Gasteiger partial charge < -0.3 is 14.6 Å². The third-order valence-electron chi connectivity index (χ3n) is 2.89. The molecule has 0 saturated carbocycles. The number of hydrogen-bond acceptors (Lipinski definition) is 8. The van der Waals surface area contributed by atoms with Crippen LogP contribution in [0, 0.1) is 6.92 Å². The number of rotatable bonds is 6. The number of hydrogen-bond donors (Lipinski definition) is 1. The molecule has 2 aromatic rings. The molecule has 0 spiro atoms. The minimum Gasteiger partial charge on any atom is -0.465 e. The lowest BCUT2D eigenvalue weighted by molar-refractivity contribution is -0.148. The third kappa shape index (κ3) is 3.57. The van der Waals surface area contributed by atoms with Gasteiger partial charge in [0.2, 0.25) is 5.89 Å². The van der Waals surface area contributed by atoms with Crippen LogP contribution in [-0.4, -0.2) is 27.7 Å². The van der Waals surface area contributed by atoms with E-state index in [-0.39, 0.29) is 5.97 Å². The predicted octanol–water partition coefficient (Wildman–Crippen LogP) is 2.29. The molecule has 0 unspecified atom stereocenters. The Balaban J connectivity index is 2.02. The highest BCUT2D eigenvalue weighted by Crippen LogP contribution is 2.28. The lowest BCUT2D eigenvalue weighted by atomic mass is 9.90. The van der Waals surface area contributed by atoms with Gasteiger partial charge in [-0.25, -0.2) is 4.98 Å². The Morgan fingerprint density at radius 1 is 1.48 bits per heavy atom. The molecule has 0 aromatic carbocycles. The van der Waals surface area contributed by atoms with E-state index in [1.54, 1.807) is 27.7 Å². The summed E-state index contributed by atoms with van der Waals surface area (Å²) in [4.78, 5) is 20.5. The monoisotopic (exact) mass is 310 g/mol. The Labute approximate surface area is 126 Å². The highest BCUT2D eigenvalue weighted by Gasteiger charge is 2.33. The lowest BCUT2D eigenvalue weighted by Gasteiger charge is -2.19. The zero-order valence-corrected chi connectivity index (χ0v) is 13.3. The van der Waals surface area contributed by atoms with E-state index in [0.29, 0.717) is 35.7 Å². The summed E-state index contributed by atoms with van der Waals surface area (Å²) in [5.74, 6) is 0.804. The molecule has 0 bridgehead atoms. The number of carbonyl (C=O) groups is 1. The summed E-state index contributed by atoms with van der Waals surface area (Å²) >= 11 is 1.42. The molecule has 0 fully saturated rings. The molecule has 0 saturated heterocycles. The second-order valence-corrected chi connectivity index (χ2v) is 5.83. The summed E-state index contributed by atoms with van der Waals surface area (Å²) in [5.41, 5.74) is -0.0942. The maximum absolute atomic E-state index is 11.9. The van der Waals surface area contributed by atoms with Gasteiger partial charge in [-0.05, 0) is 27.7 Å². The van der Waals surface area contributed by atoms with E-state index < -0.39 is 5.41 Å². The number of ether oxygens (including phenoxy) is 1. The van der Waals surface area contributed by atoms with E-state index in [0.717, 1.165) is 0 Å². The zero-order valence-electron chi connectivity index (χ0n) is 12.5. The van der Waals surface area contributed by atoms with Crippen molar-refractivity contribution in [3.63, 3.8) is 0 Å². The van der Waals surface area contributed by atoms with Crippen molar-refractivity contribution in [1.82, 2.24) is 15.1 Å². The van der Waals surface area contributed by atoms with Crippen LogP contribution in [0.25, 0.3) is 0 Å². The maximum atomic E-state index is 11.9. The van der Waals surface area contributed by atoms with Crippen LogP contribution in [-0.2, 0) is 21.5 Å². The topological polar surface area (TPSA) is 90.1 Å². The zero-order chi connectivity index (χ0) is 15.5. The number of aromatic nitrogens is 3. The molecule has 0 amide bonds. The Hall–Kier alpha value is -1.96. The molecule has 21 heavy (non-hydrogen) atoms. The fourth-order valence-corrected chi connectivity index (χ4v) is 2.50. The average molecular weight is 310 g/mol. The van der Waals surface area contributed by atoms with E-state index in [1.807, 2.05) is 5.38 Å². The Kier molecular flexibility index (Phi) is 4.56. The van der Waals surface area contributed by atoms with Crippen molar-refractivity contribution in [2.45, 2.75) is 39.7 Å². The standard InChI is InChI=1S/C13H18N4O3S/c1-5-19-11(18)13(3,4)9-7-21-12(16-9)14-6-10-15-8(2)17-20-10/h7H,5-6H2,1-4H3,(H,14,16). The van der Waals surface area contributed by atoms with Crippen LogP contribution in [0.15, 0.2) is 9.90 Å². The summed E-state index contributed by atoms with van der Waals surface area (Å²) in [6, 6.07) is 0. The molecule has 8 heteroatoms. The summed E-state index contributed by atoms with van der Waals surface area (Å²) < 4.78 is 10.1. The van der Waals surface area contributed by atoms with Crippen LogP contribution in [0.3, 0.4) is 0 Å². The Bertz CT molecular complexity index is 620. The van der Waals surface area contributed by atoms with Gasteiger partial charge in [0.1, 0.15) is 5.41 Å². The van der Waals surface area contributed by atoms with Gasteiger partial charge in [-0.15, -0.1) is 11.3 Å². The second kappa shape index (κ2) is 6.21. The molecular formula is C13H18N4O3S. The molecule has 7 nitrogen and oxygen atoms in total. The third-order valence-corrected chi connectivity index (χ3v) is 3.69. The normalized spacial score (nSPS) is 11.4. The number of anilines is 1. The molecule has 1 N–H and O–H groups in total. The molecule has 2 heterocycles. The molecular weight excluding hydrogens is 292 g/mol. The van der Waals surface area contributed by atoms with Crippen molar-refractivity contribution in [2.24, 2.45) is 0 Å². The minimum absolute atomic E-state index is 0.283. The minimum atomic E-state index is -0.770. The second-order valence-electron chi connectivity index (χ2n) is 4.97. The molecule has 0 atom stereocenters. The molecule has 0 aliphatic carbocycles. The van der Waals surface area contributed by atoms with E-state index in [2.05, 4.69) is 20.4 Å². The average Bonchev–Trinajstić information content (AvgIpc) is 3.05. The fraction of sp³-hybridized carbons (Fsp3) is 0.538. The van der Waals surface area contributed by atoms with Crippen LogP contribution >= 0.6 is 11.3 Å². The first-order chi connectivity index (χ1) is 9.93. The summed E-state index contributed by atoms with van der Waals surface area (Å²) in [6.07, 6.45) is 0. The first kappa shape index (κ1) is 15.4. The van der Waals surface area contributed by atoms with Gasteiger partial charge in [-0.3, -0.25) is 4.79 Å². The molecule has 114 valence electrons. The molecule has 2 rings (SSSR count). The van der Waals surface area contributed by atoms with Gasteiger partial charge in [-0.1, -0.05) is 5.16 Å². The number of thiazole rings is 1. The Morgan fingerprint density at radius 3 is 2.86 bits per heavy atom. The number of aryl methyl sites for hydroxylation is 1. The quantitative estimate of drug-likeness (QED) is 0.818. The number of esters is 1. The maximum Gasteiger partial charge on any atom is 0.317 e. The van der Waals surface area contributed by atoms with Crippen LogP contribution < -0.4 is 5.32 Å². The summed E-state index contributed by atoms with van der Waals surface area (Å²) in [7, 11) is 0. The highest BCUT2D eigenvalue weighted by atomic mass is 32.1. The van der Waals surface area contributed by atoms with Gasteiger partial charge in [0, 0.05) is 5.38 Å². The summed E-state index contributed by atoms with van der Waals surface area (Å²) in [6.45, 7) is 7.89. The molecule has 2 aromatic heterocycles. The number of nitrogens with zero attached hydrogens (tertiary/aromatic N) is 3. The van der Waals surface area contributed by atoms with Crippen LogP contribution in [0.4, 0.5) is 5.13 Å². The lowest BCUT2D eigenvalue weighted by Crippen LogP contribution is -2.31. The van der Waals surface area contributed by atoms with Crippen molar-refractivity contribution in [1.29, 1.82) is 0 Å². The first-order valence-electron chi connectivity index (χ1n) is 6.59. The molecule has 0 aliphatic heterocycles. The summed E-state index contributed by atoms with van der Waals surface area (Å²) in [5, 5.41) is 9.35. The van der Waals surface area contributed by atoms with Crippen molar-refractivity contribution in [2.75, 3.05) is 11.9 Å².